The molecule has 2 rings (SSSR count). The summed E-state index contributed by atoms with van der Waals surface area (Å²) >= 11 is 0. The summed E-state index contributed by atoms with van der Waals surface area (Å²) in [5, 5.41) is 12.2. The molecule has 0 amide bonds. The number of nitrogens with one attached hydrogen (secondary N) is 1. The summed E-state index contributed by atoms with van der Waals surface area (Å²) in [6.45, 7) is 3.61. The van der Waals surface area contributed by atoms with Crippen LogP contribution in [0.1, 0.15) is 29.5 Å². The molecule has 0 spiro atoms. The standard InChI is InChI=1S/C12H15NO2/c1-8(12(14)15)9-2-3-11-7-13-5-4-10(11)6-9/h2-3,6,8,13H,4-5,7H2,1H3,(H,14,15). The average molecular weight is 205 g/mol. The van der Waals surface area contributed by atoms with Crippen molar-refractivity contribution in [3.63, 3.8) is 0 Å². The highest BCUT2D eigenvalue weighted by Gasteiger charge is 2.16. The summed E-state index contributed by atoms with van der Waals surface area (Å²) in [6.07, 6.45) is 0.996. The minimum absolute atomic E-state index is 0.412. The largest absolute Gasteiger partial charge is 0.481 e. The molecule has 3 nitrogen and oxygen atoms in total. The number of hydrogen-bond donors (Lipinski definition) is 2. The third-order valence-corrected chi connectivity index (χ3v) is 2.99. The zero-order valence-electron chi connectivity index (χ0n) is 8.79. The summed E-state index contributed by atoms with van der Waals surface area (Å²) in [5.74, 6) is -1.17. The van der Waals surface area contributed by atoms with Gasteiger partial charge in [-0.05, 0) is 36.6 Å². The summed E-state index contributed by atoms with van der Waals surface area (Å²) in [6, 6.07) is 6.00. The van der Waals surface area contributed by atoms with E-state index in [1.807, 2.05) is 18.2 Å². The predicted octanol–water partition coefficient (Wildman–Crippen LogP) is 1.52. The van der Waals surface area contributed by atoms with Gasteiger partial charge in [-0.15, -0.1) is 0 Å². The van der Waals surface area contributed by atoms with Crippen molar-refractivity contribution in [2.45, 2.75) is 25.8 Å². The lowest BCUT2D eigenvalue weighted by Crippen LogP contribution is -2.23. The quantitative estimate of drug-likeness (QED) is 0.769. The fourth-order valence-corrected chi connectivity index (χ4v) is 1.91. The molecule has 1 heterocycles. The van der Waals surface area contributed by atoms with E-state index in [-0.39, 0.29) is 0 Å². The molecule has 1 atom stereocenters. The van der Waals surface area contributed by atoms with E-state index in [9.17, 15) is 4.79 Å². The van der Waals surface area contributed by atoms with Crippen LogP contribution in [-0.4, -0.2) is 17.6 Å². The van der Waals surface area contributed by atoms with Crippen LogP contribution in [0.15, 0.2) is 18.2 Å². The molecule has 0 saturated carbocycles. The molecule has 0 aromatic heterocycles. The minimum Gasteiger partial charge on any atom is -0.481 e. The molecule has 3 heteroatoms. The van der Waals surface area contributed by atoms with Crippen LogP contribution in [0.2, 0.25) is 0 Å². The zero-order chi connectivity index (χ0) is 10.8. The van der Waals surface area contributed by atoms with Gasteiger partial charge >= 0.3 is 5.97 Å². The highest BCUT2D eigenvalue weighted by atomic mass is 16.4. The number of aliphatic carboxylic acids is 1. The van der Waals surface area contributed by atoms with Crippen LogP contribution in [0.4, 0.5) is 0 Å². The second kappa shape index (κ2) is 4.03. The van der Waals surface area contributed by atoms with Crippen LogP contribution in [-0.2, 0) is 17.8 Å². The molecule has 0 fully saturated rings. The molecule has 1 aromatic rings. The van der Waals surface area contributed by atoms with E-state index in [0.29, 0.717) is 0 Å². The Labute approximate surface area is 89.1 Å². The maximum Gasteiger partial charge on any atom is 0.310 e. The first-order chi connectivity index (χ1) is 7.18. The highest BCUT2D eigenvalue weighted by molar-refractivity contribution is 5.75. The summed E-state index contributed by atoms with van der Waals surface area (Å²) in [7, 11) is 0. The molecule has 0 bridgehead atoms. The predicted molar refractivity (Wildman–Crippen MR) is 57.9 cm³/mol. The Morgan fingerprint density at radius 2 is 2.27 bits per heavy atom. The Morgan fingerprint density at radius 3 is 3.00 bits per heavy atom. The molecule has 80 valence electrons. The Hall–Kier alpha value is -1.35. The third-order valence-electron chi connectivity index (χ3n) is 2.99. The molecule has 1 unspecified atom stereocenters. The molecule has 2 N–H and O–H groups in total. The average Bonchev–Trinajstić information content (AvgIpc) is 2.27. The maximum absolute atomic E-state index is 10.9. The van der Waals surface area contributed by atoms with E-state index in [1.165, 1.54) is 11.1 Å². The molecular formula is C12H15NO2. The molecule has 1 aromatic carbocycles. The van der Waals surface area contributed by atoms with Crippen molar-refractivity contribution in [2.75, 3.05) is 6.54 Å². The second-order valence-electron chi connectivity index (χ2n) is 4.01. The van der Waals surface area contributed by atoms with Gasteiger partial charge in [-0.3, -0.25) is 4.79 Å². The van der Waals surface area contributed by atoms with Gasteiger partial charge in [0.05, 0.1) is 5.92 Å². The normalized spacial score (nSPS) is 16.9. The monoisotopic (exact) mass is 205 g/mol. The lowest BCUT2D eigenvalue weighted by molar-refractivity contribution is -0.138. The number of hydrogen-bond acceptors (Lipinski definition) is 2. The van der Waals surface area contributed by atoms with Crippen molar-refractivity contribution in [1.82, 2.24) is 5.32 Å². The molecule has 0 saturated heterocycles. The van der Waals surface area contributed by atoms with Gasteiger partial charge in [-0.25, -0.2) is 0 Å². The Bertz CT molecular complexity index is 387. The van der Waals surface area contributed by atoms with Crippen molar-refractivity contribution in [2.24, 2.45) is 0 Å². The summed E-state index contributed by atoms with van der Waals surface area (Å²) in [5.41, 5.74) is 3.49. The van der Waals surface area contributed by atoms with Gasteiger partial charge in [0.25, 0.3) is 0 Å². The van der Waals surface area contributed by atoms with Crippen molar-refractivity contribution >= 4 is 5.97 Å². The Balaban J connectivity index is 2.31. The van der Waals surface area contributed by atoms with Gasteiger partial charge in [0, 0.05) is 6.54 Å². The summed E-state index contributed by atoms with van der Waals surface area (Å²) < 4.78 is 0. The minimum atomic E-state index is -0.760. The SMILES string of the molecule is CC(C(=O)O)c1ccc2c(c1)CCNC2. The number of rotatable bonds is 2. The second-order valence-corrected chi connectivity index (χ2v) is 4.01. The molecule has 1 aliphatic rings. The van der Waals surface area contributed by atoms with E-state index in [1.54, 1.807) is 6.92 Å². The van der Waals surface area contributed by atoms with Crippen molar-refractivity contribution < 1.29 is 9.90 Å². The van der Waals surface area contributed by atoms with Crippen molar-refractivity contribution in [3.8, 4) is 0 Å². The molecule has 15 heavy (non-hydrogen) atoms. The lowest BCUT2D eigenvalue weighted by atomic mass is 9.93. The first kappa shape index (κ1) is 10.2. The number of carboxylic acid groups (broad SMARTS) is 1. The van der Waals surface area contributed by atoms with Gasteiger partial charge in [-0.1, -0.05) is 18.2 Å². The van der Waals surface area contributed by atoms with E-state index in [2.05, 4.69) is 5.32 Å². The number of carboxylic acids is 1. The topological polar surface area (TPSA) is 49.3 Å². The van der Waals surface area contributed by atoms with Gasteiger partial charge < -0.3 is 10.4 Å². The molecule has 0 aliphatic carbocycles. The van der Waals surface area contributed by atoms with E-state index >= 15 is 0 Å². The Morgan fingerprint density at radius 1 is 1.47 bits per heavy atom. The molecule has 0 radical (unpaired) electrons. The van der Waals surface area contributed by atoms with Crippen LogP contribution in [0.5, 0.6) is 0 Å². The van der Waals surface area contributed by atoms with Crippen LogP contribution < -0.4 is 5.32 Å². The van der Waals surface area contributed by atoms with Crippen LogP contribution in [0.25, 0.3) is 0 Å². The van der Waals surface area contributed by atoms with Gasteiger partial charge in [0.1, 0.15) is 0 Å². The highest BCUT2D eigenvalue weighted by Crippen LogP contribution is 2.21. The Kier molecular flexibility index (Phi) is 2.73. The fraction of sp³-hybridized carbons (Fsp3) is 0.417. The van der Waals surface area contributed by atoms with E-state index < -0.39 is 11.9 Å². The van der Waals surface area contributed by atoms with Gasteiger partial charge in [0.15, 0.2) is 0 Å². The van der Waals surface area contributed by atoms with Crippen molar-refractivity contribution in [3.05, 3.63) is 34.9 Å². The van der Waals surface area contributed by atoms with Crippen LogP contribution in [0.3, 0.4) is 0 Å². The number of fused-ring (bicyclic) bond motifs is 1. The van der Waals surface area contributed by atoms with Crippen LogP contribution in [0, 0.1) is 0 Å². The first-order valence-corrected chi connectivity index (χ1v) is 5.23. The zero-order valence-corrected chi connectivity index (χ0v) is 8.79. The molecule has 1 aliphatic heterocycles. The third kappa shape index (κ3) is 2.02. The van der Waals surface area contributed by atoms with Crippen LogP contribution >= 0.6 is 0 Å². The maximum atomic E-state index is 10.9. The number of benzene rings is 1. The number of carbonyl (C=O) groups is 1. The first-order valence-electron chi connectivity index (χ1n) is 5.23. The summed E-state index contributed by atoms with van der Waals surface area (Å²) in [4.78, 5) is 10.9. The van der Waals surface area contributed by atoms with E-state index in [4.69, 9.17) is 5.11 Å². The van der Waals surface area contributed by atoms with Gasteiger partial charge in [-0.2, -0.15) is 0 Å². The smallest absolute Gasteiger partial charge is 0.310 e. The van der Waals surface area contributed by atoms with E-state index in [0.717, 1.165) is 25.1 Å². The lowest BCUT2D eigenvalue weighted by Gasteiger charge is -2.18. The van der Waals surface area contributed by atoms with Crippen molar-refractivity contribution in [1.29, 1.82) is 0 Å². The fourth-order valence-electron chi connectivity index (χ4n) is 1.91. The molecular weight excluding hydrogens is 190 g/mol. The van der Waals surface area contributed by atoms with Gasteiger partial charge in [0.2, 0.25) is 0 Å².